The first kappa shape index (κ1) is 17.4. The Labute approximate surface area is 146 Å². The predicted octanol–water partition coefficient (Wildman–Crippen LogP) is 0.640. The molecule has 8 nitrogen and oxygen atoms in total. The highest BCUT2D eigenvalue weighted by Crippen LogP contribution is 2.09. The van der Waals surface area contributed by atoms with Gasteiger partial charge in [0.15, 0.2) is 0 Å². The van der Waals surface area contributed by atoms with Gasteiger partial charge >= 0.3 is 6.03 Å². The van der Waals surface area contributed by atoms with Crippen LogP contribution in [-0.2, 0) is 17.8 Å². The van der Waals surface area contributed by atoms with Crippen LogP contribution in [0.15, 0.2) is 43.2 Å². The molecule has 25 heavy (non-hydrogen) atoms. The van der Waals surface area contributed by atoms with E-state index in [4.69, 9.17) is 4.74 Å². The van der Waals surface area contributed by atoms with Crippen molar-refractivity contribution in [2.75, 3.05) is 19.8 Å². The Bertz CT molecular complexity index is 650. The second-order valence-corrected chi connectivity index (χ2v) is 6.09. The van der Waals surface area contributed by atoms with Gasteiger partial charge in [0.2, 0.25) is 0 Å². The maximum Gasteiger partial charge on any atom is 0.318 e. The van der Waals surface area contributed by atoms with E-state index in [1.165, 1.54) is 0 Å². The second kappa shape index (κ2) is 8.59. The minimum absolute atomic E-state index is 0.197. The van der Waals surface area contributed by atoms with Crippen molar-refractivity contribution < 1.29 is 14.6 Å². The third kappa shape index (κ3) is 5.01. The number of imidazole rings is 1. The number of carbonyl (C=O) groups is 1. The number of pyridine rings is 1. The van der Waals surface area contributed by atoms with E-state index in [0.29, 0.717) is 19.7 Å². The van der Waals surface area contributed by atoms with E-state index in [2.05, 4.69) is 15.3 Å². The van der Waals surface area contributed by atoms with Crippen LogP contribution in [0.4, 0.5) is 4.79 Å². The summed E-state index contributed by atoms with van der Waals surface area (Å²) in [6, 6.07) is 3.23. The fourth-order valence-corrected chi connectivity index (χ4v) is 2.75. The maximum atomic E-state index is 12.7. The van der Waals surface area contributed by atoms with E-state index < -0.39 is 6.10 Å². The van der Waals surface area contributed by atoms with E-state index >= 15 is 0 Å². The number of aliphatic hydroxyl groups is 1. The Kier molecular flexibility index (Phi) is 5.97. The molecule has 2 atom stereocenters. The molecule has 0 radical (unpaired) electrons. The van der Waals surface area contributed by atoms with Crippen LogP contribution in [0, 0.1) is 0 Å². The molecule has 0 unspecified atom stereocenters. The van der Waals surface area contributed by atoms with Crippen molar-refractivity contribution in [3.05, 3.63) is 48.8 Å². The summed E-state index contributed by atoms with van der Waals surface area (Å²) >= 11 is 0. The quantitative estimate of drug-likeness (QED) is 0.768. The van der Waals surface area contributed by atoms with Crippen LogP contribution in [-0.4, -0.2) is 62.5 Å². The second-order valence-electron chi connectivity index (χ2n) is 6.09. The monoisotopic (exact) mass is 345 g/mol. The van der Waals surface area contributed by atoms with Crippen LogP contribution in [0.25, 0.3) is 0 Å². The van der Waals surface area contributed by atoms with Crippen molar-refractivity contribution in [1.82, 2.24) is 24.8 Å². The van der Waals surface area contributed by atoms with E-state index in [9.17, 15) is 9.90 Å². The zero-order valence-corrected chi connectivity index (χ0v) is 14.0. The number of aromatic nitrogens is 3. The molecule has 2 aromatic rings. The largest absolute Gasteiger partial charge is 0.388 e. The van der Waals surface area contributed by atoms with E-state index in [-0.39, 0.29) is 18.7 Å². The number of nitrogens with one attached hydrogen (secondary N) is 1. The van der Waals surface area contributed by atoms with Gasteiger partial charge in [0.25, 0.3) is 0 Å². The zero-order valence-electron chi connectivity index (χ0n) is 14.0. The topological polar surface area (TPSA) is 92.5 Å². The first-order chi connectivity index (χ1) is 12.2. The Morgan fingerprint density at radius 3 is 2.84 bits per heavy atom. The average molecular weight is 345 g/mol. The molecule has 1 fully saturated rings. The van der Waals surface area contributed by atoms with Gasteiger partial charge < -0.3 is 24.6 Å². The number of carbonyl (C=O) groups excluding carboxylic acids is 1. The average Bonchev–Trinajstić information content (AvgIpc) is 3.27. The molecule has 1 aliphatic rings. The molecule has 1 saturated heterocycles. The number of rotatable bonds is 7. The normalized spacial score (nSPS) is 19.7. The highest BCUT2D eigenvalue weighted by Gasteiger charge is 2.29. The van der Waals surface area contributed by atoms with Crippen molar-refractivity contribution in [2.45, 2.75) is 31.7 Å². The van der Waals surface area contributed by atoms with Gasteiger partial charge in [-0.05, 0) is 24.1 Å². The highest BCUT2D eigenvalue weighted by molar-refractivity contribution is 5.74. The van der Waals surface area contributed by atoms with E-state index in [1.54, 1.807) is 29.8 Å². The van der Waals surface area contributed by atoms with Crippen molar-refractivity contribution in [2.24, 2.45) is 0 Å². The first-order valence-corrected chi connectivity index (χ1v) is 8.38. The molecular formula is C17H23N5O3. The van der Waals surface area contributed by atoms with Gasteiger partial charge in [-0.3, -0.25) is 4.98 Å². The minimum Gasteiger partial charge on any atom is -0.388 e. The minimum atomic E-state index is -0.655. The summed E-state index contributed by atoms with van der Waals surface area (Å²) in [6.45, 7) is 2.47. The number of nitrogens with zero attached hydrogens (tertiary/aromatic N) is 4. The molecule has 2 N–H and O–H groups in total. The molecule has 0 bridgehead atoms. The molecule has 0 spiro atoms. The Balaban J connectivity index is 1.59. The smallest absolute Gasteiger partial charge is 0.318 e. The predicted molar refractivity (Wildman–Crippen MR) is 90.6 cm³/mol. The number of aliphatic hydroxyl groups excluding tert-OH is 1. The van der Waals surface area contributed by atoms with E-state index in [0.717, 1.165) is 18.5 Å². The molecule has 2 amide bonds. The summed E-state index contributed by atoms with van der Waals surface area (Å²) in [4.78, 5) is 22.4. The van der Waals surface area contributed by atoms with Crippen LogP contribution >= 0.6 is 0 Å². The van der Waals surface area contributed by atoms with Gasteiger partial charge in [-0.1, -0.05) is 0 Å². The van der Waals surface area contributed by atoms with Gasteiger partial charge in [0.05, 0.1) is 31.7 Å². The number of urea groups is 1. The highest BCUT2D eigenvalue weighted by atomic mass is 16.5. The van der Waals surface area contributed by atoms with Gasteiger partial charge in [0.1, 0.15) is 0 Å². The summed E-state index contributed by atoms with van der Waals surface area (Å²) in [5.74, 6) is 0. The van der Waals surface area contributed by atoms with Crippen LogP contribution in [0.3, 0.4) is 0 Å². The lowest BCUT2D eigenvalue weighted by Gasteiger charge is -2.26. The van der Waals surface area contributed by atoms with Gasteiger partial charge in [-0.2, -0.15) is 0 Å². The molecule has 0 saturated carbocycles. The molecule has 3 heterocycles. The molecule has 0 aliphatic carbocycles. The molecule has 0 aromatic carbocycles. The zero-order chi connectivity index (χ0) is 17.5. The Hall–Kier alpha value is -2.45. The number of hydrogen-bond donors (Lipinski definition) is 2. The van der Waals surface area contributed by atoms with Crippen LogP contribution in [0.1, 0.15) is 12.0 Å². The third-order valence-electron chi connectivity index (χ3n) is 4.17. The lowest BCUT2D eigenvalue weighted by Crippen LogP contribution is -2.49. The van der Waals surface area contributed by atoms with Crippen LogP contribution in [0.2, 0.25) is 0 Å². The van der Waals surface area contributed by atoms with Gasteiger partial charge in [0, 0.05) is 44.4 Å². The molecular weight excluding hydrogens is 322 g/mol. The van der Waals surface area contributed by atoms with Crippen molar-refractivity contribution in [3.63, 3.8) is 0 Å². The lowest BCUT2D eigenvalue weighted by molar-refractivity contribution is 0.121. The number of aryl methyl sites for hydroxylation is 1. The fourth-order valence-electron chi connectivity index (χ4n) is 2.75. The fraction of sp³-hybridized carbons (Fsp3) is 0.471. The summed E-state index contributed by atoms with van der Waals surface area (Å²) in [5, 5.41) is 12.7. The molecule has 1 aliphatic heterocycles. The summed E-state index contributed by atoms with van der Waals surface area (Å²) < 4.78 is 7.18. The molecule has 3 rings (SSSR count). The van der Waals surface area contributed by atoms with Crippen LogP contribution in [0.5, 0.6) is 0 Å². The number of hydrogen-bond acceptors (Lipinski definition) is 5. The maximum absolute atomic E-state index is 12.7. The Morgan fingerprint density at radius 2 is 2.16 bits per heavy atom. The third-order valence-corrected chi connectivity index (χ3v) is 4.17. The molecule has 134 valence electrons. The van der Waals surface area contributed by atoms with Gasteiger partial charge in [-0.25, -0.2) is 9.78 Å². The summed E-state index contributed by atoms with van der Waals surface area (Å²) in [6.07, 6.45) is 8.98. The standard InChI is InChI=1S/C17H23N5O3/c23-16-12-25-11-15(16)20-17(24)22(10-14-2-4-18-5-3-14)8-1-7-21-9-6-19-13-21/h2-6,9,13,15-16,23H,1,7-8,10-12H2,(H,20,24)/t15-,16-/m0/s1. The molecule has 8 heteroatoms. The van der Waals surface area contributed by atoms with Crippen molar-refractivity contribution in [3.8, 4) is 0 Å². The number of ether oxygens (including phenoxy) is 1. The van der Waals surface area contributed by atoms with Crippen LogP contribution < -0.4 is 5.32 Å². The van der Waals surface area contributed by atoms with Crippen molar-refractivity contribution >= 4 is 6.03 Å². The first-order valence-electron chi connectivity index (χ1n) is 8.38. The summed E-state index contributed by atoms with van der Waals surface area (Å²) in [7, 11) is 0. The SMILES string of the molecule is O=C(N[C@H]1COC[C@@H]1O)N(CCCn1ccnc1)Cc1ccncc1. The van der Waals surface area contributed by atoms with Crippen molar-refractivity contribution in [1.29, 1.82) is 0 Å². The molecule has 2 aromatic heterocycles. The van der Waals surface area contributed by atoms with E-state index in [1.807, 2.05) is 22.9 Å². The number of amides is 2. The van der Waals surface area contributed by atoms with Gasteiger partial charge in [-0.15, -0.1) is 0 Å². The summed E-state index contributed by atoms with van der Waals surface area (Å²) in [5.41, 5.74) is 1.01. The Morgan fingerprint density at radius 1 is 1.32 bits per heavy atom. The lowest BCUT2D eigenvalue weighted by atomic mass is 10.2.